The number of rotatable bonds is 1. The summed E-state index contributed by atoms with van der Waals surface area (Å²) < 4.78 is 0. The highest BCUT2D eigenvalue weighted by Crippen LogP contribution is 2.39. The molecule has 3 heteroatoms. The zero-order chi connectivity index (χ0) is 11.8. The first-order valence-corrected chi connectivity index (χ1v) is 5.52. The molecule has 0 saturated carbocycles. The second-order valence-corrected chi connectivity index (χ2v) is 4.05. The van der Waals surface area contributed by atoms with Gasteiger partial charge in [-0.25, -0.2) is 0 Å². The van der Waals surface area contributed by atoms with Gasteiger partial charge in [-0.15, -0.1) is 0 Å². The molecule has 1 unspecified atom stereocenters. The van der Waals surface area contributed by atoms with Crippen molar-refractivity contribution in [3.05, 3.63) is 60.2 Å². The molecule has 0 aromatic heterocycles. The Bertz CT molecular complexity index is 565. The summed E-state index contributed by atoms with van der Waals surface area (Å²) in [7, 11) is 0. The number of hydrogen-bond acceptors (Lipinski definition) is 2. The number of benzene rings is 2. The Kier molecular flexibility index (Phi) is 2.20. The number of amides is 1. The molecule has 1 aliphatic rings. The van der Waals surface area contributed by atoms with Crippen molar-refractivity contribution < 1.29 is 4.79 Å². The van der Waals surface area contributed by atoms with Gasteiger partial charge in [0.1, 0.15) is 6.04 Å². The average molecular weight is 224 g/mol. The minimum absolute atomic E-state index is 0.0719. The number of carbonyl (C=O) groups is 1. The molecule has 0 spiro atoms. The van der Waals surface area contributed by atoms with E-state index in [0.717, 1.165) is 16.9 Å². The molecule has 0 fully saturated rings. The lowest BCUT2D eigenvalue weighted by atomic mass is 10.1. The Morgan fingerprint density at radius 3 is 2.35 bits per heavy atom. The molecule has 0 saturated heterocycles. The van der Waals surface area contributed by atoms with Crippen LogP contribution < -0.4 is 10.6 Å². The van der Waals surface area contributed by atoms with Gasteiger partial charge >= 0.3 is 0 Å². The third kappa shape index (κ3) is 1.44. The normalized spacial score (nSPS) is 18.3. The molecule has 2 N–H and O–H groups in total. The van der Waals surface area contributed by atoms with E-state index >= 15 is 0 Å². The predicted octanol–water partition coefficient (Wildman–Crippen LogP) is 2.36. The molecular weight excluding hydrogens is 212 g/mol. The number of nitrogens with zero attached hydrogens (tertiary/aromatic N) is 1. The first kappa shape index (κ1) is 10.1. The van der Waals surface area contributed by atoms with Gasteiger partial charge in [0.05, 0.1) is 5.69 Å². The minimum atomic E-state index is -0.550. The number of carbonyl (C=O) groups excluding carboxylic acids is 1. The quantitative estimate of drug-likeness (QED) is 0.808. The highest BCUT2D eigenvalue weighted by molar-refractivity contribution is 6.09. The number of fused-ring (bicyclic) bond motifs is 1. The number of anilines is 2. The maximum atomic E-state index is 12.2. The van der Waals surface area contributed by atoms with E-state index in [1.54, 1.807) is 4.90 Å². The third-order valence-corrected chi connectivity index (χ3v) is 3.01. The first-order valence-electron chi connectivity index (χ1n) is 5.52. The van der Waals surface area contributed by atoms with Crippen LogP contribution in [0.5, 0.6) is 0 Å². The van der Waals surface area contributed by atoms with Crippen LogP contribution in [0.3, 0.4) is 0 Å². The van der Waals surface area contributed by atoms with Crippen molar-refractivity contribution in [1.29, 1.82) is 0 Å². The van der Waals surface area contributed by atoms with Crippen LogP contribution in [-0.2, 0) is 4.79 Å². The fraction of sp³-hybridized carbons (Fsp3) is 0.0714. The maximum absolute atomic E-state index is 12.2. The van der Waals surface area contributed by atoms with E-state index in [0.29, 0.717) is 0 Å². The SMILES string of the molecule is NC1C(=O)N(c2ccccc2)c2ccccc21. The maximum Gasteiger partial charge on any atom is 0.253 e. The van der Waals surface area contributed by atoms with Crippen LogP contribution in [0.25, 0.3) is 0 Å². The Balaban J connectivity index is 2.16. The second kappa shape index (κ2) is 3.71. The summed E-state index contributed by atoms with van der Waals surface area (Å²) in [6.45, 7) is 0. The van der Waals surface area contributed by atoms with Crippen molar-refractivity contribution in [3.63, 3.8) is 0 Å². The zero-order valence-corrected chi connectivity index (χ0v) is 9.21. The van der Waals surface area contributed by atoms with Gasteiger partial charge in [0, 0.05) is 11.3 Å². The monoisotopic (exact) mass is 224 g/mol. The Labute approximate surface area is 99.5 Å². The van der Waals surface area contributed by atoms with Crippen LogP contribution in [0.2, 0.25) is 0 Å². The van der Waals surface area contributed by atoms with Crippen LogP contribution in [0.4, 0.5) is 11.4 Å². The summed E-state index contributed by atoms with van der Waals surface area (Å²) in [5, 5.41) is 0. The number of para-hydroxylation sites is 2. The van der Waals surface area contributed by atoms with Crippen molar-refractivity contribution in [3.8, 4) is 0 Å². The molecule has 2 aromatic carbocycles. The van der Waals surface area contributed by atoms with Gasteiger partial charge in [0.2, 0.25) is 0 Å². The molecule has 0 radical (unpaired) electrons. The molecule has 3 nitrogen and oxygen atoms in total. The van der Waals surface area contributed by atoms with E-state index in [1.807, 2.05) is 54.6 Å². The molecule has 3 rings (SSSR count). The fourth-order valence-electron chi connectivity index (χ4n) is 2.19. The smallest absolute Gasteiger partial charge is 0.253 e. The molecule has 1 heterocycles. The summed E-state index contributed by atoms with van der Waals surface area (Å²) in [6, 6.07) is 16.7. The van der Waals surface area contributed by atoms with E-state index in [1.165, 1.54) is 0 Å². The van der Waals surface area contributed by atoms with Crippen molar-refractivity contribution in [1.82, 2.24) is 0 Å². The van der Waals surface area contributed by atoms with Crippen molar-refractivity contribution >= 4 is 17.3 Å². The van der Waals surface area contributed by atoms with Crippen LogP contribution in [0, 0.1) is 0 Å². The van der Waals surface area contributed by atoms with E-state index in [4.69, 9.17) is 5.73 Å². The predicted molar refractivity (Wildman–Crippen MR) is 67.0 cm³/mol. The lowest BCUT2D eigenvalue weighted by Crippen LogP contribution is -2.27. The van der Waals surface area contributed by atoms with Crippen LogP contribution in [0.15, 0.2) is 54.6 Å². The standard InChI is InChI=1S/C14H12N2O/c15-13-11-8-4-5-9-12(11)16(14(13)17)10-6-2-1-3-7-10/h1-9,13H,15H2. The van der Waals surface area contributed by atoms with Gasteiger partial charge < -0.3 is 5.73 Å². The second-order valence-electron chi connectivity index (χ2n) is 4.05. The molecule has 0 bridgehead atoms. The highest BCUT2D eigenvalue weighted by Gasteiger charge is 2.35. The summed E-state index contributed by atoms with van der Waals surface area (Å²) in [6.07, 6.45) is 0. The fourth-order valence-corrected chi connectivity index (χ4v) is 2.19. The molecule has 17 heavy (non-hydrogen) atoms. The van der Waals surface area contributed by atoms with E-state index in [9.17, 15) is 4.79 Å². The van der Waals surface area contributed by atoms with Gasteiger partial charge in [-0.2, -0.15) is 0 Å². The summed E-state index contributed by atoms with van der Waals surface area (Å²) in [4.78, 5) is 13.8. The van der Waals surface area contributed by atoms with Crippen molar-refractivity contribution in [2.45, 2.75) is 6.04 Å². The topological polar surface area (TPSA) is 46.3 Å². The summed E-state index contributed by atoms with van der Waals surface area (Å²) in [5.74, 6) is -0.0719. The Hall–Kier alpha value is -2.13. The van der Waals surface area contributed by atoms with E-state index in [2.05, 4.69) is 0 Å². The van der Waals surface area contributed by atoms with E-state index in [-0.39, 0.29) is 5.91 Å². The lowest BCUT2D eigenvalue weighted by molar-refractivity contribution is -0.118. The van der Waals surface area contributed by atoms with Gasteiger partial charge in [0.25, 0.3) is 5.91 Å². The minimum Gasteiger partial charge on any atom is -0.316 e. The van der Waals surface area contributed by atoms with Crippen molar-refractivity contribution in [2.75, 3.05) is 4.90 Å². The van der Waals surface area contributed by atoms with Crippen LogP contribution >= 0.6 is 0 Å². The molecule has 0 aliphatic carbocycles. The average Bonchev–Trinajstić information content (AvgIpc) is 2.64. The molecule has 1 aliphatic heterocycles. The third-order valence-electron chi connectivity index (χ3n) is 3.01. The van der Waals surface area contributed by atoms with Gasteiger partial charge in [-0.1, -0.05) is 36.4 Å². The largest absolute Gasteiger partial charge is 0.316 e. The number of nitrogens with two attached hydrogens (primary N) is 1. The molecule has 84 valence electrons. The highest BCUT2D eigenvalue weighted by atomic mass is 16.2. The lowest BCUT2D eigenvalue weighted by Gasteiger charge is -2.17. The molecule has 1 atom stereocenters. The number of hydrogen-bond donors (Lipinski definition) is 1. The van der Waals surface area contributed by atoms with Gasteiger partial charge in [0.15, 0.2) is 0 Å². The zero-order valence-electron chi connectivity index (χ0n) is 9.21. The van der Waals surface area contributed by atoms with Crippen LogP contribution in [-0.4, -0.2) is 5.91 Å². The first-order chi connectivity index (χ1) is 8.29. The Morgan fingerprint density at radius 1 is 0.941 bits per heavy atom. The van der Waals surface area contributed by atoms with E-state index < -0.39 is 6.04 Å². The van der Waals surface area contributed by atoms with Gasteiger partial charge in [-0.05, 0) is 18.2 Å². The van der Waals surface area contributed by atoms with Crippen molar-refractivity contribution in [2.24, 2.45) is 5.73 Å². The molecular formula is C14H12N2O. The molecule has 1 amide bonds. The van der Waals surface area contributed by atoms with Gasteiger partial charge in [-0.3, -0.25) is 9.69 Å². The summed E-state index contributed by atoms with van der Waals surface area (Å²) >= 11 is 0. The summed E-state index contributed by atoms with van der Waals surface area (Å²) in [5.41, 5.74) is 8.56. The Morgan fingerprint density at radius 2 is 1.59 bits per heavy atom. The van der Waals surface area contributed by atoms with Crippen LogP contribution in [0.1, 0.15) is 11.6 Å². The molecule has 2 aromatic rings.